The molecule has 100 valence electrons. The number of nitrogens with zero attached hydrogens (tertiary/aromatic N) is 1. The van der Waals surface area contributed by atoms with Gasteiger partial charge < -0.3 is 19.1 Å². The van der Waals surface area contributed by atoms with Crippen molar-refractivity contribution in [3.8, 4) is 22.8 Å². The van der Waals surface area contributed by atoms with Crippen LogP contribution >= 0.6 is 0 Å². The molecule has 19 heavy (non-hydrogen) atoms. The van der Waals surface area contributed by atoms with Crippen molar-refractivity contribution in [2.45, 2.75) is 6.92 Å². The van der Waals surface area contributed by atoms with Crippen molar-refractivity contribution < 1.29 is 23.9 Å². The zero-order chi connectivity index (χ0) is 14.0. The summed E-state index contributed by atoms with van der Waals surface area (Å²) < 4.78 is 15.2. The summed E-state index contributed by atoms with van der Waals surface area (Å²) in [6.45, 7) is 1.87. The second-order valence-electron chi connectivity index (χ2n) is 3.90. The van der Waals surface area contributed by atoms with Gasteiger partial charge >= 0.3 is 5.97 Å². The molecule has 0 aliphatic heterocycles. The number of rotatable bonds is 4. The lowest BCUT2D eigenvalue weighted by atomic mass is 10.1. The lowest BCUT2D eigenvalue weighted by molar-refractivity contribution is 0.0652. The Morgan fingerprint density at radius 2 is 1.89 bits per heavy atom. The van der Waals surface area contributed by atoms with Crippen molar-refractivity contribution in [2.75, 3.05) is 14.2 Å². The fraction of sp³-hybridized carbons (Fsp3) is 0.231. The highest BCUT2D eigenvalue weighted by molar-refractivity contribution is 5.86. The zero-order valence-corrected chi connectivity index (χ0v) is 10.8. The van der Waals surface area contributed by atoms with Crippen LogP contribution in [-0.2, 0) is 0 Å². The SMILES string of the molecule is COc1cc(OC)c(-c2cc(C(=O)O)on2)cc1C. The molecule has 0 amide bonds. The van der Waals surface area contributed by atoms with E-state index < -0.39 is 5.97 Å². The van der Waals surface area contributed by atoms with Crippen molar-refractivity contribution in [1.82, 2.24) is 5.16 Å². The number of aryl methyl sites for hydroxylation is 1. The van der Waals surface area contributed by atoms with Crippen molar-refractivity contribution in [3.63, 3.8) is 0 Å². The molecule has 0 atom stereocenters. The monoisotopic (exact) mass is 263 g/mol. The Balaban J connectivity index is 2.53. The number of methoxy groups -OCH3 is 2. The van der Waals surface area contributed by atoms with Crippen LogP contribution in [0.25, 0.3) is 11.3 Å². The molecular formula is C13H13NO5. The standard InChI is InChI=1S/C13H13NO5/c1-7-4-8(11(18-3)6-10(7)17-2)9-5-12(13(15)16)19-14-9/h4-6H,1-3H3,(H,15,16). The maximum atomic E-state index is 10.8. The molecular weight excluding hydrogens is 250 g/mol. The molecule has 0 saturated heterocycles. The Morgan fingerprint density at radius 1 is 1.21 bits per heavy atom. The first kappa shape index (κ1) is 12.9. The van der Waals surface area contributed by atoms with Crippen molar-refractivity contribution in [1.29, 1.82) is 0 Å². The smallest absolute Gasteiger partial charge is 0.374 e. The third-order valence-electron chi connectivity index (χ3n) is 2.71. The summed E-state index contributed by atoms with van der Waals surface area (Å²) in [5.74, 6) is -0.163. The van der Waals surface area contributed by atoms with Gasteiger partial charge in [0.15, 0.2) is 0 Å². The molecule has 0 fully saturated rings. The van der Waals surface area contributed by atoms with Crippen LogP contribution in [0.1, 0.15) is 16.1 Å². The van der Waals surface area contributed by atoms with Crippen LogP contribution < -0.4 is 9.47 Å². The molecule has 0 aliphatic rings. The summed E-state index contributed by atoms with van der Waals surface area (Å²) in [7, 11) is 3.09. The van der Waals surface area contributed by atoms with Gasteiger partial charge in [0.1, 0.15) is 17.2 Å². The summed E-state index contributed by atoms with van der Waals surface area (Å²) in [6, 6.07) is 4.88. The normalized spacial score (nSPS) is 10.3. The maximum absolute atomic E-state index is 10.8. The highest BCUT2D eigenvalue weighted by Crippen LogP contribution is 2.35. The third kappa shape index (κ3) is 2.37. The fourth-order valence-corrected chi connectivity index (χ4v) is 1.76. The molecule has 1 heterocycles. The first-order valence-electron chi connectivity index (χ1n) is 5.49. The molecule has 0 radical (unpaired) electrons. The molecule has 2 rings (SSSR count). The maximum Gasteiger partial charge on any atom is 0.374 e. The van der Waals surface area contributed by atoms with Crippen molar-refractivity contribution >= 4 is 5.97 Å². The summed E-state index contributed by atoms with van der Waals surface area (Å²) in [5, 5.41) is 12.6. The predicted molar refractivity (Wildman–Crippen MR) is 66.7 cm³/mol. The van der Waals surface area contributed by atoms with Gasteiger partial charge in [-0.2, -0.15) is 0 Å². The number of carboxylic acids is 1. The number of aromatic carboxylic acids is 1. The Hall–Kier alpha value is -2.50. The zero-order valence-electron chi connectivity index (χ0n) is 10.8. The van der Waals surface area contributed by atoms with E-state index >= 15 is 0 Å². The van der Waals surface area contributed by atoms with E-state index in [1.807, 2.05) is 6.92 Å². The van der Waals surface area contributed by atoms with E-state index in [0.29, 0.717) is 22.8 Å². The lowest BCUT2D eigenvalue weighted by Gasteiger charge is -2.11. The minimum atomic E-state index is -1.16. The van der Waals surface area contributed by atoms with Crippen LogP contribution in [0.5, 0.6) is 11.5 Å². The Bertz CT molecular complexity index is 617. The topological polar surface area (TPSA) is 81.8 Å². The van der Waals surface area contributed by atoms with E-state index in [2.05, 4.69) is 5.16 Å². The van der Waals surface area contributed by atoms with Gasteiger partial charge in [-0.3, -0.25) is 0 Å². The second-order valence-corrected chi connectivity index (χ2v) is 3.90. The van der Waals surface area contributed by atoms with Crippen LogP contribution in [0.4, 0.5) is 0 Å². The minimum Gasteiger partial charge on any atom is -0.496 e. The first-order chi connectivity index (χ1) is 9.06. The van der Waals surface area contributed by atoms with E-state index in [-0.39, 0.29) is 5.76 Å². The van der Waals surface area contributed by atoms with Gasteiger partial charge in [-0.25, -0.2) is 4.79 Å². The molecule has 1 aromatic carbocycles. The van der Waals surface area contributed by atoms with Crippen molar-refractivity contribution in [2.24, 2.45) is 0 Å². The van der Waals surface area contributed by atoms with Crippen LogP contribution in [0.15, 0.2) is 22.7 Å². The molecule has 2 aromatic rings. The molecule has 0 aliphatic carbocycles. The third-order valence-corrected chi connectivity index (χ3v) is 2.71. The van der Waals surface area contributed by atoms with Gasteiger partial charge in [-0.15, -0.1) is 0 Å². The van der Waals surface area contributed by atoms with Crippen LogP contribution in [0.2, 0.25) is 0 Å². The van der Waals surface area contributed by atoms with E-state index in [4.69, 9.17) is 19.1 Å². The Labute approximate surface area is 109 Å². The number of hydrogen-bond acceptors (Lipinski definition) is 5. The average Bonchev–Trinajstić information content (AvgIpc) is 2.88. The van der Waals surface area contributed by atoms with Gasteiger partial charge in [0.2, 0.25) is 5.76 Å². The molecule has 6 heteroatoms. The molecule has 0 unspecified atom stereocenters. The molecule has 0 spiro atoms. The van der Waals surface area contributed by atoms with E-state index in [1.54, 1.807) is 19.2 Å². The highest BCUT2D eigenvalue weighted by Gasteiger charge is 2.17. The predicted octanol–water partition coefficient (Wildman–Crippen LogP) is 2.37. The number of hydrogen-bond donors (Lipinski definition) is 1. The second kappa shape index (κ2) is 5.01. The van der Waals surface area contributed by atoms with Gasteiger partial charge in [0, 0.05) is 17.7 Å². The number of aromatic nitrogens is 1. The van der Waals surface area contributed by atoms with Crippen LogP contribution in [-0.4, -0.2) is 30.5 Å². The highest BCUT2D eigenvalue weighted by atomic mass is 16.5. The van der Waals surface area contributed by atoms with E-state index in [1.165, 1.54) is 13.2 Å². The van der Waals surface area contributed by atoms with E-state index in [0.717, 1.165) is 5.56 Å². The summed E-state index contributed by atoms with van der Waals surface area (Å²) in [6.07, 6.45) is 0. The first-order valence-corrected chi connectivity index (χ1v) is 5.49. The molecule has 1 N–H and O–H groups in total. The molecule has 1 aromatic heterocycles. The van der Waals surface area contributed by atoms with Gasteiger partial charge in [-0.05, 0) is 18.6 Å². The molecule has 0 saturated carbocycles. The summed E-state index contributed by atoms with van der Waals surface area (Å²) in [5.41, 5.74) is 1.94. The molecule has 0 bridgehead atoms. The van der Waals surface area contributed by atoms with E-state index in [9.17, 15) is 4.79 Å². The lowest BCUT2D eigenvalue weighted by Crippen LogP contribution is -1.94. The largest absolute Gasteiger partial charge is 0.496 e. The van der Waals surface area contributed by atoms with Gasteiger partial charge in [0.05, 0.1) is 14.2 Å². The average molecular weight is 263 g/mol. The molecule has 6 nitrogen and oxygen atoms in total. The van der Waals surface area contributed by atoms with Gasteiger partial charge in [0.25, 0.3) is 0 Å². The number of benzene rings is 1. The number of carbonyl (C=O) groups is 1. The minimum absolute atomic E-state index is 0.217. The Morgan fingerprint density at radius 3 is 2.42 bits per heavy atom. The summed E-state index contributed by atoms with van der Waals surface area (Å²) >= 11 is 0. The van der Waals surface area contributed by atoms with Crippen molar-refractivity contribution in [3.05, 3.63) is 29.5 Å². The summed E-state index contributed by atoms with van der Waals surface area (Å²) in [4.78, 5) is 10.8. The number of ether oxygens (including phenoxy) is 2. The fourth-order valence-electron chi connectivity index (χ4n) is 1.76. The van der Waals surface area contributed by atoms with Crippen LogP contribution in [0, 0.1) is 6.92 Å². The number of carboxylic acid groups (broad SMARTS) is 1. The quantitative estimate of drug-likeness (QED) is 0.911. The van der Waals surface area contributed by atoms with Gasteiger partial charge in [-0.1, -0.05) is 5.16 Å². The Kier molecular flexibility index (Phi) is 3.41. The van der Waals surface area contributed by atoms with Crippen LogP contribution in [0.3, 0.4) is 0 Å².